The van der Waals surface area contributed by atoms with Gasteiger partial charge in [0.25, 0.3) is 0 Å². The van der Waals surface area contributed by atoms with Gasteiger partial charge in [-0.15, -0.1) is 0 Å². The highest BCUT2D eigenvalue weighted by Gasteiger charge is 2.06. The molecule has 0 radical (unpaired) electrons. The van der Waals surface area contributed by atoms with Gasteiger partial charge in [0.2, 0.25) is 11.8 Å². The SMILES string of the molecule is CCCCCCCCCCCCNC(=O)CCC(=O)NCCCCCCCCCCCC. The van der Waals surface area contributed by atoms with Crippen LogP contribution in [0.2, 0.25) is 0 Å². The second kappa shape index (κ2) is 26.2. The number of rotatable bonds is 25. The fraction of sp³-hybridized carbons (Fsp3) is 0.929. The Morgan fingerprint density at radius 2 is 0.656 bits per heavy atom. The van der Waals surface area contributed by atoms with Crippen LogP contribution >= 0.6 is 0 Å². The molecule has 0 saturated heterocycles. The van der Waals surface area contributed by atoms with Crippen LogP contribution < -0.4 is 10.6 Å². The molecule has 0 saturated carbocycles. The standard InChI is InChI=1S/C28H56N2O2/c1-3-5-7-9-11-13-15-17-19-21-25-29-27(31)23-24-28(32)30-26-22-20-18-16-14-12-10-8-6-4-2/h3-26H2,1-2H3,(H,29,31)(H,30,32). The predicted molar refractivity (Wildman–Crippen MR) is 139 cm³/mol. The minimum absolute atomic E-state index is 0.00927. The predicted octanol–water partition coefficient (Wildman–Crippen LogP) is 7.84. The Labute approximate surface area is 200 Å². The smallest absolute Gasteiger partial charge is 0.220 e. The van der Waals surface area contributed by atoms with E-state index in [1.165, 1.54) is 116 Å². The van der Waals surface area contributed by atoms with E-state index in [1.807, 2.05) is 0 Å². The molecule has 0 bridgehead atoms. The highest BCUT2D eigenvalue weighted by atomic mass is 16.2. The second-order valence-corrected chi connectivity index (χ2v) is 9.56. The van der Waals surface area contributed by atoms with Gasteiger partial charge in [-0.3, -0.25) is 9.59 Å². The number of hydrogen-bond donors (Lipinski definition) is 2. The summed E-state index contributed by atoms with van der Waals surface area (Å²) in [7, 11) is 0. The van der Waals surface area contributed by atoms with E-state index < -0.39 is 0 Å². The van der Waals surface area contributed by atoms with Crippen molar-refractivity contribution >= 4 is 11.8 Å². The van der Waals surface area contributed by atoms with Gasteiger partial charge in [-0.1, -0.05) is 129 Å². The van der Waals surface area contributed by atoms with Crippen molar-refractivity contribution in [1.82, 2.24) is 10.6 Å². The van der Waals surface area contributed by atoms with Crippen LogP contribution in [-0.2, 0) is 9.59 Å². The van der Waals surface area contributed by atoms with Gasteiger partial charge in [-0.25, -0.2) is 0 Å². The molecule has 32 heavy (non-hydrogen) atoms. The molecule has 0 atom stereocenters. The first-order valence-electron chi connectivity index (χ1n) is 14.2. The average Bonchev–Trinajstić information content (AvgIpc) is 2.79. The van der Waals surface area contributed by atoms with Crippen molar-refractivity contribution in [1.29, 1.82) is 0 Å². The van der Waals surface area contributed by atoms with E-state index >= 15 is 0 Å². The van der Waals surface area contributed by atoms with Gasteiger partial charge < -0.3 is 10.6 Å². The minimum Gasteiger partial charge on any atom is -0.356 e. The highest BCUT2D eigenvalue weighted by molar-refractivity contribution is 5.83. The van der Waals surface area contributed by atoms with Crippen LogP contribution in [0.4, 0.5) is 0 Å². The van der Waals surface area contributed by atoms with E-state index in [-0.39, 0.29) is 11.8 Å². The second-order valence-electron chi connectivity index (χ2n) is 9.56. The van der Waals surface area contributed by atoms with E-state index in [9.17, 15) is 9.59 Å². The first kappa shape index (κ1) is 30.9. The van der Waals surface area contributed by atoms with Gasteiger partial charge in [0, 0.05) is 25.9 Å². The van der Waals surface area contributed by atoms with Crippen molar-refractivity contribution in [3.8, 4) is 0 Å². The van der Waals surface area contributed by atoms with Gasteiger partial charge in [-0.05, 0) is 12.8 Å². The molecule has 0 heterocycles. The van der Waals surface area contributed by atoms with Crippen LogP contribution in [0.25, 0.3) is 0 Å². The Bertz CT molecular complexity index is 374. The zero-order chi connectivity index (χ0) is 23.5. The number of amides is 2. The Balaban J connectivity index is 3.30. The molecule has 0 aromatic heterocycles. The van der Waals surface area contributed by atoms with Crippen LogP contribution in [0.15, 0.2) is 0 Å². The Kier molecular flexibility index (Phi) is 25.3. The number of nitrogens with one attached hydrogen (secondary N) is 2. The lowest BCUT2D eigenvalue weighted by Gasteiger charge is -2.07. The molecule has 0 aromatic rings. The monoisotopic (exact) mass is 452 g/mol. The van der Waals surface area contributed by atoms with Gasteiger partial charge in [-0.2, -0.15) is 0 Å². The molecule has 0 aromatic carbocycles. The van der Waals surface area contributed by atoms with Crippen LogP contribution in [-0.4, -0.2) is 24.9 Å². The molecule has 190 valence electrons. The molecule has 0 aliphatic carbocycles. The lowest BCUT2D eigenvalue weighted by atomic mass is 10.1. The van der Waals surface area contributed by atoms with E-state index in [2.05, 4.69) is 24.5 Å². The summed E-state index contributed by atoms with van der Waals surface area (Å²) in [5.41, 5.74) is 0. The third-order valence-corrected chi connectivity index (χ3v) is 6.28. The number of carbonyl (C=O) groups is 2. The lowest BCUT2D eigenvalue weighted by molar-refractivity contribution is -0.126. The molecule has 0 spiro atoms. The van der Waals surface area contributed by atoms with E-state index in [4.69, 9.17) is 0 Å². The molecular weight excluding hydrogens is 396 g/mol. The molecule has 2 amide bonds. The molecule has 0 aliphatic heterocycles. The van der Waals surface area contributed by atoms with Gasteiger partial charge in [0.05, 0.1) is 0 Å². The van der Waals surface area contributed by atoms with Crippen molar-refractivity contribution < 1.29 is 9.59 Å². The summed E-state index contributed by atoms with van der Waals surface area (Å²) in [4.78, 5) is 23.8. The highest BCUT2D eigenvalue weighted by Crippen LogP contribution is 2.11. The molecule has 4 nitrogen and oxygen atoms in total. The van der Waals surface area contributed by atoms with Crippen molar-refractivity contribution in [2.75, 3.05) is 13.1 Å². The molecule has 4 heteroatoms. The van der Waals surface area contributed by atoms with E-state index in [0.29, 0.717) is 12.8 Å². The first-order valence-corrected chi connectivity index (χ1v) is 14.2. The zero-order valence-electron chi connectivity index (χ0n) is 21.8. The molecule has 0 aliphatic rings. The average molecular weight is 453 g/mol. The Hall–Kier alpha value is -1.06. The summed E-state index contributed by atoms with van der Waals surface area (Å²) < 4.78 is 0. The lowest BCUT2D eigenvalue weighted by Crippen LogP contribution is -2.28. The Morgan fingerprint density at radius 3 is 0.938 bits per heavy atom. The van der Waals surface area contributed by atoms with E-state index in [1.54, 1.807) is 0 Å². The fourth-order valence-corrected chi connectivity index (χ4v) is 4.08. The molecule has 0 unspecified atom stereocenters. The van der Waals surface area contributed by atoms with Crippen LogP contribution in [0.1, 0.15) is 155 Å². The first-order chi connectivity index (χ1) is 15.7. The van der Waals surface area contributed by atoms with Gasteiger partial charge in [0.15, 0.2) is 0 Å². The Morgan fingerprint density at radius 1 is 0.406 bits per heavy atom. The normalized spacial score (nSPS) is 10.9. The quantitative estimate of drug-likeness (QED) is 0.139. The number of unbranched alkanes of at least 4 members (excludes halogenated alkanes) is 18. The van der Waals surface area contributed by atoms with Crippen LogP contribution in [0.5, 0.6) is 0 Å². The summed E-state index contributed by atoms with van der Waals surface area (Å²) in [5, 5.41) is 5.91. The summed E-state index contributed by atoms with van der Waals surface area (Å²) in [6, 6.07) is 0. The third kappa shape index (κ3) is 25.2. The van der Waals surface area contributed by atoms with Crippen molar-refractivity contribution in [2.45, 2.75) is 155 Å². The summed E-state index contributed by atoms with van der Waals surface area (Å²) in [6.07, 6.45) is 26.6. The van der Waals surface area contributed by atoms with Crippen LogP contribution in [0, 0.1) is 0 Å². The van der Waals surface area contributed by atoms with Crippen molar-refractivity contribution in [2.24, 2.45) is 0 Å². The maximum absolute atomic E-state index is 11.9. The number of carbonyl (C=O) groups excluding carboxylic acids is 2. The number of hydrogen-bond acceptors (Lipinski definition) is 2. The maximum Gasteiger partial charge on any atom is 0.220 e. The summed E-state index contributed by atoms with van der Waals surface area (Å²) in [5.74, 6) is 0.0185. The van der Waals surface area contributed by atoms with Gasteiger partial charge in [0.1, 0.15) is 0 Å². The van der Waals surface area contributed by atoms with Crippen molar-refractivity contribution in [3.05, 3.63) is 0 Å². The molecular formula is C28H56N2O2. The summed E-state index contributed by atoms with van der Waals surface area (Å²) in [6.45, 7) is 6.01. The summed E-state index contributed by atoms with van der Waals surface area (Å²) >= 11 is 0. The molecule has 0 rings (SSSR count). The maximum atomic E-state index is 11.9. The fourth-order valence-electron chi connectivity index (χ4n) is 4.08. The molecule has 2 N–H and O–H groups in total. The largest absolute Gasteiger partial charge is 0.356 e. The third-order valence-electron chi connectivity index (χ3n) is 6.28. The minimum atomic E-state index is 0.00927. The van der Waals surface area contributed by atoms with Crippen LogP contribution in [0.3, 0.4) is 0 Å². The van der Waals surface area contributed by atoms with Gasteiger partial charge >= 0.3 is 0 Å². The van der Waals surface area contributed by atoms with E-state index in [0.717, 1.165) is 25.9 Å². The zero-order valence-corrected chi connectivity index (χ0v) is 21.8. The van der Waals surface area contributed by atoms with Crippen molar-refractivity contribution in [3.63, 3.8) is 0 Å². The molecule has 0 fully saturated rings. The topological polar surface area (TPSA) is 58.2 Å².